The molecule has 0 aliphatic carbocycles. The van der Waals surface area contributed by atoms with Crippen molar-refractivity contribution < 1.29 is 10.2 Å². The fourth-order valence-corrected chi connectivity index (χ4v) is 0.977. The fraction of sp³-hybridized carbons (Fsp3) is 1.00. The van der Waals surface area contributed by atoms with E-state index in [0.29, 0.717) is 5.92 Å². The second kappa shape index (κ2) is 4.73. The Bertz CT molecular complexity index is 113. The Hall–Kier alpha value is -1.08. The molecule has 2 N–H and O–H groups in total. The van der Waals surface area contributed by atoms with Gasteiger partial charge in [-0.15, -0.1) is 0 Å². The molecular weight excluding hydrogens is 409 g/mol. The van der Waals surface area contributed by atoms with Gasteiger partial charge in [0.1, 0.15) is 0 Å². The Morgan fingerprint density at radius 3 is 1.92 bits per heavy atom. The zero-order chi connectivity index (χ0) is 9.07. The Morgan fingerprint density at radius 2 is 1.67 bits per heavy atom. The third-order valence-corrected chi connectivity index (χ3v) is 2.91. The van der Waals surface area contributed by atoms with Crippen molar-refractivity contribution in [2.75, 3.05) is 6.61 Å². The van der Waals surface area contributed by atoms with E-state index in [2.05, 4.69) is 6.92 Å². The molecule has 0 spiro atoms. The molecule has 0 saturated carbocycles. The topological polar surface area (TPSA) is 40.5 Å². The van der Waals surface area contributed by atoms with Gasteiger partial charge in [-0.05, 0) is 24.7 Å². The van der Waals surface area contributed by atoms with Crippen LogP contribution >= 0.6 is 0 Å². The minimum absolute atomic E-state index is 0. The summed E-state index contributed by atoms with van der Waals surface area (Å²) < 4.78 is 0. The van der Waals surface area contributed by atoms with Crippen LogP contribution in [0.25, 0.3) is 0 Å². The van der Waals surface area contributed by atoms with Crippen LogP contribution < -0.4 is 0 Å². The maximum atomic E-state index is 9.40. The van der Waals surface area contributed by atoms with E-state index in [1.165, 1.54) is 0 Å². The van der Waals surface area contributed by atoms with Gasteiger partial charge in [-0.1, -0.05) is 20.8 Å². The van der Waals surface area contributed by atoms with E-state index in [9.17, 15) is 5.11 Å². The Labute approximate surface area is 69.2 Å². The minimum atomic E-state index is -0.316. The van der Waals surface area contributed by atoms with Crippen LogP contribution in [0.15, 0.2) is 0 Å². The van der Waals surface area contributed by atoms with Crippen molar-refractivity contribution in [3.63, 3.8) is 0 Å². The average Bonchev–Trinajstić information content (AvgIpc) is 1.88. The van der Waals surface area contributed by atoms with Crippen LogP contribution in [-0.4, -0.2) is 22.9 Å². The second-order valence-corrected chi connectivity index (χ2v) is 3.91. The third-order valence-electron chi connectivity index (χ3n) is 2.91. The molecule has 12 heavy (non-hydrogen) atoms. The van der Waals surface area contributed by atoms with Crippen molar-refractivity contribution in [3.8, 4) is 0 Å². The van der Waals surface area contributed by atoms with Crippen molar-refractivity contribution in [1.29, 1.82) is 0 Å². The van der Waals surface area contributed by atoms with Gasteiger partial charge in [0.2, 0.25) is 0 Å². The van der Waals surface area contributed by atoms with E-state index >= 15 is 0 Å². The quantitative estimate of drug-likeness (QED) is 0.710. The zero-order valence-electron chi connectivity index (χ0n) is 8.67. The van der Waals surface area contributed by atoms with Gasteiger partial charge in [-0.25, -0.2) is 0 Å². The average molecular weight is 429 g/mol. The normalized spacial score (nSPS) is 16.5. The first-order valence-corrected chi connectivity index (χ1v) is 4.21. The summed E-state index contributed by atoms with van der Waals surface area (Å²) in [6.07, 6.45) is 0.446. The van der Waals surface area contributed by atoms with Crippen molar-refractivity contribution >= 4 is 0 Å². The Kier molecular flexibility index (Phi) is 5.32. The molecule has 2 nitrogen and oxygen atoms in total. The van der Waals surface area contributed by atoms with E-state index in [0.717, 1.165) is 6.42 Å². The monoisotopic (exact) mass is 431 g/mol. The van der Waals surface area contributed by atoms with Crippen LogP contribution in [0.5, 0.6) is 0 Å². The SMILES string of the molecule is CC(O)C(C)(C)[C@@H](C)CCO.[Sg]. The molecule has 2 atom stereocenters. The van der Waals surface area contributed by atoms with E-state index in [1.54, 1.807) is 6.92 Å². The molecule has 0 saturated heterocycles. The number of aliphatic hydroxyl groups is 2. The summed E-state index contributed by atoms with van der Waals surface area (Å²) in [5, 5.41) is 18.1. The molecular formula is C9H20O2Sg. The number of hydrogen-bond acceptors (Lipinski definition) is 2. The summed E-state index contributed by atoms with van der Waals surface area (Å²) >= 11 is 0. The van der Waals surface area contributed by atoms with E-state index in [1.807, 2.05) is 13.8 Å². The molecule has 0 aromatic rings. The van der Waals surface area contributed by atoms with Gasteiger partial charge in [0.25, 0.3) is 0 Å². The molecule has 0 aliphatic heterocycles. The fourth-order valence-electron chi connectivity index (χ4n) is 0.977. The predicted octanol–water partition coefficient (Wildman–Crippen LogP) is 1.41. The molecule has 0 bridgehead atoms. The summed E-state index contributed by atoms with van der Waals surface area (Å²) in [6, 6.07) is 0. The van der Waals surface area contributed by atoms with Crippen molar-refractivity contribution in [2.45, 2.75) is 40.2 Å². The summed E-state index contributed by atoms with van der Waals surface area (Å²) in [5.41, 5.74) is -0.0945. The summed E-state index contributed by atoms with van der Waals surface area (Å²) in [7, 11) is 0. The molecule has 0 aromatic heterocycles. The molecule has 0 fully saturated rings. The van der Waals surface area contributed by atoms with Crippen molar-refractivity contribution in [3.05, 3.63) is 0 Å². The number of aliphatic hydroxyl groups excluding tert-OH is 2. The summed E-state index contributed by atoms with van der Waals surface area (Å²) in [4.78, 5) is 0. The summed E-state index contributed by atoms with van der Waals surface area (Å²) in [5.74, 6) is 0.354. The van der Waals surface area contributed by atoms with Gasteiger partial charge in [0.15, 0.2) is 0 Å². The summed E-state index contributed by atoms with van der Waals surface area (Å²) in [6.45, 7) is 8.12. The smallest absolute Gasteiger partial charge is 0.0565 e. The first-order valence-electron chi connectivity index (χ1n) is 4.21. The van der Waals surface area contributed by atoms with Crippen LogP contribution in [-0.2, 0) is 0 Å². The zero-order valence-corrected chi connectivity index (χ0v) is 15.1. The van der Waals surface area contributed by atoms with E-state index in [4.69, 9.17) is 5.11 Å². The van der Waals surface area contributed by atoms with E-state index in [-0.39, 0.29) is 18.1 Å². The maximum absolute atomic E-state index is 9.40. The van der Waals surface area contributed by atoms with Crippen LogP contribution in [0.3, 0.4) is 0 Å². The molecule has 0 rings (SSSR count). The standard InChI is InChI=1S/C9H20O2.Sg/c1-7(5-6-10)9(3,4)8(2)11;/h7-8,10-11H,5-6H2,1-4H3;/t7-,8?;/m0./s1. The molecule has 3 heteroatoms. The van der Waals surface area contributed by atoms with Gasteiger partial charge in [0, 0.05) is 6.61 Å². The largest absolute Gasteiger partial charge is 0.396 e. The Balaban J connectivity index is 0. The molecule has 0 aliphatic rings. The molecule has 70 valence electrons. The number of hydrogen-bond donors (Lipinski definition) is 2. The molecule has 0 aromatic carbocycles. The van der Waals surface area contributed by atoms with Crippen LogP contribution in [0.2, 0.25) is 0 Å². The predicted molar refractivity (Wildman–Crippen MR) is 46.3 cm³/mol. The third kappa shape index (κ3) is 2.89. The van der Waals surface area contributed by atoms with Crippen LogP contribution in [0, 0.1) is 11.3 Å². The molecule has 0 radical (unpaired) electrons. The van der Waals surface area contributed by atoms with Crippen LogP contribution in [0.4, 0.5) is 0 Å². The first kappa shape index (κ1) is 13.5. The Morgan fingerprint density at radius 1 is 1.25 bits per heavy atom. The van der Waals surface area contributed by atoms with Crippen molar-refractivity contribution in [1.82, 2.24) is 0 Å². The maximum Gasteiger partial charge on any atom is 0.0565 e. The van der Waals surface area contributed by atoms with Gasteiger partial charge in [-0.2, -0.15) is 0 Å². The molecule has 0 heterocycles. The van der Waals surface area contributed by atoms with Gasteiger partial charge < -0.3 is 10.2 Å². The number of rotatable bonds is 4. The second-order valence-electron chi connectivity index (χ2n) is 3.91. The van der Waals surface area contributed by atoms with E-state index < -0.39 is 0 Å². The van der Waals surface area contributed by atoms with Crippen molar-refractivity contribution in [2.24, 2.45) is 11.3 Å². The van der Waals surface area contributed by atoms with Gasteiger partial charge >= 0.3 is 0 Å². The minimum Gasteiger partial charge on any atom is -0.396 e. The molecule has 1 unspecified atom stereocenters. The van der Waals surface area contributed by atoms with Gasteiger partial charge in [0.05, 0.1) is 6.10 Å². The first-order chi connectivity index (χ1) is 4.92. The van der Waals surface area contributed by atoms with Gasteiger partial charge in [-0.3, -0.25) is 0 Å². The molecule has 0 amide bonds. The van der Waals surface area contributed by atoms with Crippen LogP contribution in [0.1, 0.15) is 34.1 Å².